The Morgan fingerprint density at radius 1 is 1.27 bits per heavy atom. The maximum atomic E-state index is 4.36. The van der Waals surface area contributed by atoms with E-state index in [-0.39, 0.29) is 0 Å². The number of aromatic nitrogens is 1. The van der Waals surface area contributed by atoms with Gasteiger partial charge >= 0.3 is 0 Å². The van der Waals surface area contributed by atoms with Crippen LogP contribution < -0.4 is 5.32 Å². The average molecular weight is 206 g/mol. The lowest BCUT2D eigenvalue weighted by Gasteiger charge is -2.18. The van der Waals surface area contributed by atoms with Gasteiger partial charge in [-0.25, -0.2) is 4.98 Å². The van der Waals surface area contributed by atoms with Crippen molar-refractivity contribution in [2.24, 2.45) is 5.41 Å². The molecule has 0 spiro atoms. The highest BCUT2D eigenvalue weighted by Crippen LogP contribution is 2.18. The van der Waals surface area contributed by atoms with Gasteiger partial charge in [0.25, 0.3) is 0 Å². The van der Waals surface area contributed by atoms with Gasteiger partial charge in [0.15, 0.2) is 0 Å². The molecule has 15 heavy (non-hydrogen) atoms. The van der Waals surface area contributed by atoms with Gasteiger partial charge in [0.1, 0.15) is 5.82 Å². The zero-order valence-corrected chi connectivity index (χ0v) is 10.3. The second kappa shape index (κ2) is 5.15. The predicted molar refractivity (Wildman–Crippen MR) is 66.2 cm³/mol. The summed E-state index contributed by atoms with van der Waals surface area (Å²) in [6.45, 7) is 9.89. The summed E-state index contributed by atoms with van der Waals surface area (Å²) in [5, 5.41) is 3.34. The van der Waals surface area contributed by atoms with Gasteiger partial charge in [0.05, 0.1) is 0 Å². The van der Waals surface area contributed by atoms with Crippen LogP contribution in [0.5, 0.6) is 0 Å². The van der Waals surface area contributed by atoms with E-state index in [2.05, 4.69) is 50.1 Å². The summed E-state index contributed by atoms with van der Waals surface area (Å²) in [4.78, 5) is 4.36. The summed E-state index contributed by atoms with van der Waals surface area (Å²) in [6.07, 6.45) is 4.15. The Bertz CT molecular complexity index is 282. The molecule has 0 aliphatic heterocycles. The fraction of sp³-hybridized carbons (Fsp3) is 0.615. The maximum absolute atomic E-state index is 4.36. The van der Waals surface area contributed by atoms with E-state index in [1.165, 1.54) is 5.56 Å². The number of hydrogen-bond acceptors (Lipinski definition) is 2. The molecule has 1 aromatic heterocycles. The fourth-order valence-electron chi connectivity index (χ4n) is 1.30. The molecule has 1 N–H and O–H groups in total. The van der Waals surface area contributed by atoms with Gasteiger partial charge in [0.2, 0.25) is 0 Å². The first-order valence-corrected chi connectivity index (χ1v) is 5.70. The maximum Gasteiger partial charge on any atom is 0.125 e. The molecule has 0 amide bonds. The predicted octanol–water partition coefficient (Wildman–Crippen LogP) is 3.49. The number of pyridine rings is 1. The van der Waals surface area contributed by atoms with Crippen LogP contribution in [0.4, 0.5) is 5.82 Å². The number of nitrogens with one attached hydrogen (secondary N) is 1. The smallest absolute Gasteiger partial charge is 0.125 e. The molecule has 84 valence electrons. The summed E-state index contributed by atoms with van der Waals surface area (Å²) in [7, 11) is 0. The summed E-state index contributed by atoms with van der Waals surface area (Å²) < 4.78 is 0. The minimum absolute atomic E-state index is 0.385. The van der Waals surface area contributed by atoms with Crippen molar-refractivity contribution in [3.05, 3.63) is 23.9 Å². The zero-order chi connectivity index (χ0) is 11.3. The molecule has 0 fully saturated rings. The third-order valence-electron chi connectivity index (χ3n) is 2.41. The van der Waals surface area contributed by atoms with E-state index in [9.17, 15) is 0 Å². The molecule has 2 nitrogen and oxygen atoms in total. The Kier molecular flexibility index (Phi) is 4.13. The minimum Gasteiger partial charge on any atom is -0.370 e. The molecule has 0 saturated carbocycles. The molecule has 0 unspecified atom stereocenters. The second-order valence-corrected chi connectivity index (χ2v) is 5.14. The molecule has 0 aromatic carbocycles. The third-order valence-corrected chi connectivity index (χ3v) is 2.41. The van der Waals surface area contributed by atoms with Crippen LogP contribution in [0, 0.1) is 5.41 Å². The van der Waals surface area contributed by atoms with Gasteiger partial charge in [0, 0.05) is 12.7 Å². The normalized spacial score (nSPS) is 11.5. The quantitative estimate of drug-likeness (QED) is 0.815. The third kappa shape index (κ3) is 4.82. The lowest BCUT2D eigenvalue weighted by atomic mass is 9.92. The van der Waals surface area contributed by atoms with Crippen LogP contribution in [0.1, 0.15) is 39.7 Å². The highest BCUT2D eigenvalue weighted by atomic mass is 15.0. The molecule has 0 bridgehead atoms. The molecule has 0 aliphatic carbocycles. The molecular weight excluding hydrogens is 184 g/mol. The first kappa shape index (κ1) is 12.0. The van der Waals surface area contributed by atoms with Crippen LogP contribution >= 0.6 is 0 Å². The highest BCUT2D eigenvalue weighted by Gasteiger charge is 2.08. The Morgan fingerprint density at radius 3 is 2.47 bits per heavy atom. The van der Waals surface area contributed by atoms with Crippen LogP contribution in [0.15, 0.2) is 18.3 Å². The number of nitrogens with zero attached hydrogens (tertiary/aromatic N) is 1. The lowest BCUT2D eigenvalue weighted by molar-refractivity contribution is 0.389. The van der Waals surface area contributed by atoms with Gasteiger partial charge in [-0.05, 0) is 29.9 Å². The minimum atomic E-state index is 0.385. The molecule has 0 radical (unpaired) electrons. The van der Waals surface area contributed by atoms with Crippen LogP contribution in [0.2, 0.25) is 0 Å². The van der Waals surface area contributed by atoms with Crippen LogP contribution in [-0.4, -0.2) is 11.5 Å². The molecule has 0 atom stereocenters. The summed E-state index contributed by atoms with van der Waals surface area (Å²) >= 11 is 0. The Hall–Kier alpha value is -1.05. The van der Waals surface area contributed by atoms with Crippen LogP contribution in [0.25, 0.3) is 0 Å². The number of hydrogen-bond donors (Lipinski definition) is 1. The summed E-state index contributed by atoms with van der Waals surface area (Å²) in [5.41, 5.74) is 1.67. The van der Waals surface area contributed by atoms with E-state index in [1.807, 2.05) is 6.20 Å². The Balaban J connectivity index is 2.38. The molecular formula is C13H22N2. The fourth-order valence-corrected chi connectivity index (χ4v) is 1.30. The van der Waals surface area contributed by atoms with Crippen molar-refractivity contribution in [1.82, 2.24) is 4.98 Å². The van der Waals surface area contributed by atoms with Gasteiger partial charge in [-0.2, -0.15) is 0 Å². The highest BCUT2D eigenvalue weighted by molar-refractivity contribution is 5.35. The molecule has 1 aromatic rings. The molecule has 2 heteroatoms. The van der Waals surface area contributed by atoms with Crippen molar-refractivity contribution in [2.45, 2.75) is 40.5 Å². The monoisotopic (exact) mass is 206 g/mol. The van der Waals surface area contributed by atoms with Crippen LogP contribution in [0.3, 0.4) is 0 Å². The van der Waals surface area contributed by atoms with E-state index >= 15 is 0 Å². The molecule has 1 rings (SSSR count). The van der Waals surface area contributed by atoms with Crippen molar-refractivity contribution in [1.29, 1.82) is 0 Å². The van der Waals surface area contributed by atoms with E-state index in [0.717, 1.165) is 25.2 Å². The van der Waals surface area contributed by atoms with Gasteiger partial charge in [-0.1, -0.05) is 33.8 Å². The SMILES string of the molecule is CCc1ccc(NCCC(C)(C)C)nc1. The lowest BCUT2D eigenvalue weighted by Crippen LogP contribution is -2.13. The van der Waals surface area contributed by atoms with E-state index < -0.39 is 0 Å². The van der Waals surface area contributed by atoms with Crippen molar-refractivity contribution in [3.63, 3.8) is 0 Å². The van der Waals surface area contributed by atoms with E-state index in [4.69, 9.17) is 0 Å². The first-order chi connectivity index (χ1) is 7.01. The number of anilines is 1. The largest absolute Gasteiger partial charge is 0.370 e. The zero-order valence-electron chi connectivity index (χ0n) is 10.3. The van der Waals surface area contributed by atoms with E-state index in [1.54, 1.807) is 0 Å². The summed E-state index contributed by atoms with van der Waals surface area (Å²) in [5.74, 6) is 0.983. The van der Waals surface area contributed by atoms with Gasteiger partial charge in [-0.15, -0.1) is 0 Å². The average Bonchev–Trinajstić information content (AvgIpc) is 2.17. The van der Waals surface area contributed by atoms with Crippen molar-refractivity contribution in [2.75, 3.05) is 11.9 Å². The Labute approximate surface area is 93.1 Å². The van der Waals surface area contributed by atoms with Crippen molar-refractivity contribution >= 4 is 5.82 Å². The van der Waals surface area contributed by atoms with Crippen molar-refractivity contribution in [3.8, 4) is 0 Å². The van der Waals surface area contributed by atoms with Crippen molar-refractivity contribution < 1.29 is 0 Å². The Morgan fingerprint density at radius 2 is 2.00 bits per heavy atom. The first-order valence-electron chi connectivity index (χ1n) is 5.70. The number of aryl methyl sites for hydroxylation is 1. The molecule has 1 heterocycles. The standard InChI is InChI=1S/C13H22N2/c1-5-11-6-7-12(15-10-11)14-9-8-13(2,3)4/h6-7,10H,5,8-9H2,1-4H3,(H,14,15). The van der Waals surface area contributed by atoms with Gasteiger partial charge < -0.3 is 5.32 Å². The molecule has 0 saturated heterocycles. The molecule has 0 aliphatic rings. The second-order valence-electron chi connectivity index (χ2n) is 5.14. The summed E-state index contributed by atoms with van der Waals surface area (Å²) in [6, 6.07) is 4.19. The van der Waals surface area contributed by atoms with E-state index in [0.29, 0.717) is 5.41 Å². The van der Waals surface area contributed by atoms with Crippen LogP contribution in [-0.2, 0) is 6.42 Å². The topological polar surface area (TPSA) is 24.9 Å². The van der Waals surface area contributed by atoms with Gasteiger partial charge in [-0.3, -0.25) is 0 Å². The number of rotatable bonds is 4.